The van der Waals surface area contributed by atoms with Crippen molar-refractivity contribution >= 4 is 20.2 Å². The van der Waals surface area contributed by atoms with Crippen LogP contribution in [-0.2, 0) is 14.0 Å². The van der Waals surface area contributed by atoms with Crippen LogP contribution in [0, 0.1) is 0 Å². The highest BCUT2D eigenvalue weighted by Gasteiger charge is 2.42. The van der Waals surface area contributed by atoms with Crippen molar-refractivity contribution in [1.29, 1.82) is 0 Å². The van der Waals surface area contributed by atoms with E-state index in [1.807, 2.05) is 20.8 Å². The fourth-order valence-electron chi connectivity index (χ4n) is 1.95. The Bertz CT molecular complexity index is 434. The highest BCUT2D eigenvalue weighted by atomic mass is 28.4. The molecule has 1 atom stereocenters. The van der Waals surface area contributed by atoms with Crippen LogP contribution in [0.1, 0.15) is 48.0 Å². The standard InChI is InChI=1S/C16H31NO4Si/c1-15(2,3)21-14(19)17-10-9-13(18)12(17)11-20-22(7,8)16(4,5)6/h12H,9-11H2,1-8H3. The van der Waals surface area contributed by atoms with Crippen molar-refractivity contribution in [3.8, 4) is 0 Å². The van der Waals surface area contributed by atoms with E-state index < -0.39 is 26.1 Å². The maximum absolute atomic E-state index is 12.2. The fraction of sp³-hybridized carbons (Fsp3) is 0.875. The molecule has 1 unspecified atom stereocenters. The van der Waals surface area contributed by atoms with Gasteiger partial charge in [-0.15, -0.1) is 0 Å². The van der Waals surface area contributed by atoms with Gasteiger partial charge < -0.3 is 9.16 Å². The van der Waals surface area contributed by atoms with Crippen molar-refractivity contribution in [1.82, 2.24) is 4.90 Å². The van der Waals surface area contributed by atoms with E-state index in [0.717, 1.165) is 0 Å². The predicted octanol–water partition coefficient (Wildman–Crippen LogP) is 3.59. The first-order chi connectivity index (χ1) is 9.74. The summed E-state index contributed by atoms with van der Waals surface area (Å²) in [5, 5.41) is 0.0748. The first-order valence-corrected chi connectivity index (χ1v) is 10.8. The van der Waals surface area contributed by atoms with Crippen LogP contribution < -0.4 is 0 Å². The summed E-state index contributed by atoms with van der Waals surface area (Å²) in [7, 11) is -1.94. The minimum Gasteiger partial charge on any atom is -0.444 e. The van der Waals surface area contributed by atoms with E-state index in [4.69, 9.17) is 9.16 Å². The van der Waals surface area contributed by atoms with Gasteiger partial charge in [0.1, 0.15) is 11.6 Å². The van der Waals surface area contributed by atoms with Crippen LogP contribution in [0.5, 0.6) is 0 Å². The molecule has 0 N–H and O–H groups in total. The number of ketones is 1. The van der Waals surface area contributed by atoms with Crippen LogP contribution in [0.3, 0.4) is 0 Å². The summed E-state index contributed by atoms with van der Waals surface area (Å²) in [6.07, 6.45) is -0.0488. The summed E-state index contributed by atoms with van der Waals surface area (Å²) in [5.74, 6) is 0.0598. The molecular formula is C16H31NO4Si. The molecular weight excluding hydrogens is 298 g/mol. The number of carbonyl (C=O) groups is 2. The molecule has 1 saturated heterocycles. The third kappa shape index (κ3) is 4.81. The molecule has 0 aromatic carbocycles. The number of hydrogen-bond donors (Lipinski definition) is 0. The summed E-state index contributed by atoms with van der Waals surface area (Å²) < 4.78 is 11.5. The second-order valence-electron chi connectivity index (χ2n) is 8.48. The molecule has 0 bridgehead atoms. The maximum atomic E-state index is 12.2. The number of carbonyl (C=O) groups excluding carboxylic acids is 2. The number of amides is 1. The number of hydrogen-bond acceptors (Lipinski definition) is 4. The normalized spacial score (nSPS) is 20.5. The van der Waals surface area contributed by atoms with Gasteiger partial charge in [-0.2, -0.15) is 0 Å². The van der Waals surface area contributed by atoms with Gasteiger partial charge in [0.05, 0.1) is 6.61 Å². The molecule has 1 heterocycles. The minimum absolute atomic E-state index is 0.0598. The van der Waals surface area contributed by atoms with Gasteiger partial charge in [0, 0.05) is 13.0 Å². The summed E-state index contributed by atoms with van der Waals surface area (Å²) in [5.41, 5.74) is -0.562. The fourth-order valence-corrected chi connectivity index (χ4v) is 2.96. The summed E-state index contributed by atoms with van der Waals surface area (Å²) in [6.45, 7) is 16.9. The van der Waals surface area contributed by atoms with Gasteiger partial charge >= 0.3 is 6.09 Å². The molecule has 0 aliphatic carbocycles. The molecule has 1 aliphatic rings. The third-order valence-electron chi connectivity index (χ3n) is 4.38. The lowest BCUT2D eigenvalue weighted by Crippen LogP contribution is -2.48. The van der Waals surface area contributed by atoms with Crippen molar-refractivity contribution in [2.75, 3.05) is 13.2 Å². The average Bonchev–Trinajstić information content (AvgIpc) is 2.64. The Kier molecular flexibility index (Phi) is 5.50. The van der Waals surface area contributed by atoms with Gasteiger partial charge in [0.2, 0.25) is 0 Å². The zero-order valence-electron chi connectivity index (χ0n) is 15.3. The van der Waals surface area contributed by atoms with Gasteiger partial charge in [-0.1, -0.05) is 20.8 Å². The molecule has 1 amide bonds. The summed E-state index contributed by atoms with van der Waals surface area (Å²) >= 11 is 0. The molecule has 1 rings (SSSR count). The van der Waals surface area contributed by atoms with Gasteiger partial charge in [-0.3, -0.25) is 9.69 Å². The highest BCUT2D eigenvalue weighted by molar-refractivity contribution is 6.74. The zero-order chi connectivity index (χ0) is 17.3. The average molecular weight is 330 g/mol. The molecule has 0 aromatic rings. The Morgan fingerprint density at radius 3 is 2.23 bits per heavy atom. The van der Waals surface area contributed by atoms with E-state index in [0.29, 0.717) is 13.0 Å². The van der Waals surface area contributed by atoms with Gasteiger partial charge in [0.25, 0.3) is 0 Å². The minimum atomic E-state index is -1.94. The van der Waals surface area contributed by atoms with E-state index in [9.17, 15) is 9.59 Å². The first kappa shape index (κ1) is 19.2. The van der Waals surface area contributed by atoms with Crippen LogP contribution in [0.2, 0.25) is 18.1 Å². The first-order valence-electron chi connectivity index (χ1n) is 7.91. The van der Waals surface area contributed by atoms with E-state index in [2.05, 4.69) is 33.9 Å². The molecule has 1 fully saturated rings. The SMILES string of the molecule is CC(C)(C)OC(=O)N1CCC(=O)C1CO[Si](C)(C)C(C)(C)C. The third-order valence-corrected chi connectivity index (χ3v) is 8.88. The van der Waals surface area contributed by atoms with Crippen LogP contribution in [-0.4, -0.2) is 49.9 Å². The molecule has 6 heteroatoms. The number of Topliss-reactive ketones (excluding diaryl/α,β-unsaturated/α-hetero) is 1. The van der Waals surface area contributed by atoms with Gasteiger partial charge in [-0.05, 0) is 38.9 Å². The highest BCUT2D eigenvalue weighted by Crippen LogP contribution is 2.37. The van der Waals surface area contributed by atoms with Crippen LogP contribution in [0.15, 0.2) is 0 Å². The van der Waals surface area contributed by atoms with E-state index in [1.165, 1.54) is 4.90 Å². The van der Waals surface area contributed by atoms with Crippen LogP contribution in [0.25, 0.3) is 0 Å². The quantitative estimate of drug-likeness (QED) is 0.743. The number of nitrogens with zero attached hydrogens (tertiary/aromatic N) is 1. The molecule has 0 spiro atoms. The van der Waals surface area contributed by atoms with Crippen molar-refractivity contribution in [2.24, 2.45) is 0 Å². The lowest BCUT2D eigenvalue weighted by molar-refractivity contribution is -0.120. The zero-order valence-corrected chi connectivity index (χ0v) is 16.3. The molecule has 1 aliphatic heterocycles. The van der Waals surface area contributed by atoms with Crippen molar-refractivity contribution in [3.05, 3.63) is 0 Å². The second-order valence-corrected chi connectivity index (χ2v) is 13.3. The monoisotopic (exact) mass is 329 g/mol. The molecule has 5 nitrogen and oxygen atoms in total. The van der Waals surface area contributed by atoms with Crippen molar-refractivity contribution in [2.45, 2.75) is 77.7 Å². The van der Waals surface area contributed by atoms with E-state index >= 15 is 0 Å². The number of ether oxygens (including phenoxy) is 1. The summed E-state index contributed by atoms with van der Waals surface area (Å²) in [4.78, 5) is 25.9. The van der Waals surface area contributed by atoms with Crippen molar-refractivity contribution in [3.63, 3.8) is 0 Å². The number of rotatable bonds is 3. The second kappa shape index (κ2) is 6.32. The van der Waals surface area contributed by atoms with Gasteiger partial charge in [0.15, 0.2) is 14.1 Å². The Morgan fingerprint density at radius 2 is 1.77 bits per heavy atom. The van der Waals surface area contributed by atoms with Crippen LogP contribution in [0.4, 0.5) is 4.79 Å². The molecule has 128 valence electrons. The van der Waals surface area contributed by atoms with E-state index in [-0.39, 0.29) is 17.4 Å². The maximum Gasteiger partial charge on any atom is 0.410 e. The van der Waals surface area contributed by atoms with E-state index in [1.54, 1.807) is 0 Å². The smallest absolute Gasteiger partial charge is 0.410 e. The largest absolute Gasteiger partial charge is 0.444 e. The Labute approximate surface area is 135 Å². The molecule has 0 aromatic heterocycles. The molecule has 0 saturated carbocycles. The Morgan fingerprint density at radius 1 is 1.23 bits per heavy atom. The lowest BCUT2D eigenvalue weighted by atomic mass is 10.2. The number of likely N-dealkylation sites (tertiary alicyclic amines) is 1. The molecule has 22 heavy (non-hydrogen) atoms. The Hall–Kier alpha value is -0.883. The Balaban J connectivity index is 2.75. The molecule has 0 radical (unpaired) electrons. The lowest BCUT2D eigenvalue weighted by Gasteiger charge is -2.37. The predicted molar refractivity (Wildman–Crippen MR) is 89.5 cm³/mol. The van der Waals surface area contributed by atoms with Crippen molar-refractivity contribution < 1.29 is 18.8 Å². The summed E-state index contributed by atoms with van der Waals surface area (Å²) in [6, 6.07) is -0.510. The topological polar surface area (TPSA) is 55.8 Å². The van der Waals surface area contributed by atoms with Gasteiger partial charge in [-0.25, -0.2) is 4.79 Å². The van der Waals surface area contributed by atoms with Crippen LogP contribution >= 0.6 is 0 Å².